The Kier molecular flexibility index (Phi) is 4.40. The molecule has 0 saturated heterocycles. The van der Waals surface area contributed by atoms with Crippen LogP contribution in [0.5, 0.6) is 0 Å². The Labute approximate surface area is 118 Å². The molecule has 0 radical (unpaired) electrons. The lowest BCUT2D eigenvalue weighted by molar-refractivity contribution is 0.562. The van der Waals surface area contributed by atoms with Crippen LogP contribution in [0.3, 0.4) is 0 Å². The molecule has 0 fully saturated rings. The third-order valence-corrected chi connectivity index (χ3v) is 4.14. The molecule has 2 rings (SSSR count). The molecule has 94 valence electrons. The lowest BCUT2D eigenvalue weighted by Gasteiger charge is -2.07. The highest BCUT2D eigenvalue weighted by atomic mass is 79.9. The van der Waals surface area contributed by atoms with Crippen molar-refractivity contribution in [1.29, 1.82) is 0 Å². The molecule has 0 aliphatic carbocycles. The van der Waals surface area contributed by atoms with Gasteiger partial charge in [-0.1, -0.05) is 17.7 Å². The Bertz CT molecular complexity index is 570. The summed E-state index contributed by atoms with van der Waals surface area (Å²) < 4.78 is 27.6. The molecule has 0 aliphatic rings. The van der Waals surface area contributed by atoms with Gasteiger partial charge in [0.15, 0.2) is 0 Å². The van der Waals surface area contributed by atoms with Crippen LogP contribution in [0.1, 0.15) is 11.1 Å². The second kappa shape index (κ2) is 5.85. The molecule has 0 unspecified atom stereocenters. The molecule has 0 aliphatic heterocycles. The van der Waals surface area contributed by atoms with Crippen molar-refractivity contribution >= 4 is 27.7 Å². The van der Waals surface area contributed by atoms with Gasteiger partial charge in [0.2, 0.25) is 0 Å². The standard InChI is InChI=1S/C14H11BrF2S/c1-9-3-2-4-10(7-9)18-8-11-13(16)6-5-12(15)14(11)17/h2-7H,8H2,1H3. The monoisotopic (exact) mass is 328 g/mol. The second-order valence-corrected chi connectivity index (χ2v) is 5.83. The van der Waals surface area contributed by atoms with Crippen molar-refractivity contribution in [3.05, 3.63) is 63.6 Å². The fourth-order valence-electron chi connectivity index (χ4n) is 1.56. The van der Waals surface area contributed by atoms with E-state index in [1.165, 1.54) is 23.9 Å². The van der Waals surface area contributed by atoms with Gasteiger partial charge in [-0.2, -0.15) is 0 Å². The maximum absolute atomic E-state index is 13.7. The summed E-state index contributed by atoms with van der Waals surface area (Å²) in [6.07, 6.45) is 0. The van der Waals surface area contributed by atoms with Crippen molar-refractivity contribution in [3.8, 4) is 0 Å². The third kappa shape index (κ3) is 3.12. The first-order chi connectivity index (χ1) is 8.58. The molecule has 2 aromatic carbocycles. The highest BCUT2D eigenvalue weighted by Gasteiger charge is 2.12. The Morgan fingerprint density at radius 2 is 1.94 bits per heavy atom. The molecule has 0 aromatic heterocycles. The van der Waals surface area contributed by atoms with Crippen LogP contribution in [0.2, 0.25) is 0 Å². The Balaban J connectivity index is 2.18. The smallest absolute Gasteiger partial charge is 0.144 e. The van der Waals surface area contributed by atoms with Gasteiger partial charge in [0.1, 0.15) is 11.6 Å². The van der Waals surface area contributed by atoms with Crippen LogP contribution in [0.25, 0.3) is 0 Å². The van der Waals surface area contributed by atoms with E-state index in [0.717, 1.165) is 10.5 Å². The quantitative estimate of drug-likeness (QED) is 0.542. The summed E-state index contributed by atoms with van der Waals surface area (Å²) in [6, 6.07) is 10.5. The molecule has 0 N–H and O–H groups in total. The number of aryl methyl sites for hydroxylation is 1. The van der Waals surface area contributed by atoms with Crippen LogP contribution < -0.4 is 0 Å². The Morgan fingerprint density at radius 3 is 2.67 bits per heavy atom. The molecular weight excluding hydrogens is 318 g/mol. The largest absolute Gasteiger partial charge is 0.207 e. The number of benzene rings is 2. The number of hydrogen-bond acceptors (Lipinski definition) is 1. The van der Waals surface area contributed by atoms with Crippen molar-refractivity contribution in [3.63, 3.8) is 0 Å². The first-order valence-electron chi connectivity index (χ1n) is 5.40. The van der Waals surface area contributed by atoms with Gasteiger partial charge >= 0.3 is 0 Å². The molecule has 2 aromatic rings. The zero-order chi connectivity index (χ0) is 13.1. The average Bonchev–Trinajstić information content (AvgIpc) is 2.34. The Hall–Kier alpha value is -0.870. The van der Waals surface area contributed by atoms with Gasteiger partial charge < -0.3 is 0 Å². The molecule has 4 heteroatoms. The summed E-state index contributed by atoms with van der Waals surface area (Å²) >= 11 is 4.49. The summed E-state index contributed by atoms with van der Waals surface area (Å²) in [5, 5.41) is 0. The zero-order valence-electron chi connectivity index (χ0n) is 9.71. The van der Waals surface area contributed by atoms with Crippen molar-refractivity contribution in [2.24, 2.45) is 0 Å². The van der Waals surface area contributed by atoms with Crippen LogP contribution in [-0.2, 0) is 5.75 Å². The maximum Gasteiger partial charge on any atom is 0.144 e. The molecule has 0 bridgehead atoms. The normalized spacial score (nSPS) is 10.7. The van der Waals surface area contributed by atoms with E-state index >= 15 is 0 Å². The van der Waals surface area contributed by atoms with Crippen molar-refractivity contribution in [2.75, 3.05) is 0 Å². The minimum Gasteiger partial charge on any atom is -0.207 e. The van der Waals surface area contributed by atoms with Crippen molar-refractivity contribution in [1.82, 2.24) is 0 Å². The van der Waals surface area contributed by atoms with E-state index in [2.05, 4.69) is 15.9 Å². The van der Waals surface area contributed by atoms with Crippen LogP contribution in [-0.4, -0.2) is 0 Å². The molecule has 0 saturated carbocycles. The van der Waals surface area contributed by atoms with Crippen LogP contribution in [0.15, 0.2) is 45.8 Å². The minimum absolute atomic E-state index is 0.107. The SMILES string of the molecule is Cc1cccc(SCc2c(F)ccc(Br)c2F)c1. The van der Waals surface area contributed by atoms with E-state index < -0.39 is 11.6 Å². The molecule has 0 spiro atoms. The van der Waals surface area contributed by atoms with Crippen molar-refractivity contribution in [2.45, 2.75) is 17.6 Å². The second-order valence-electron chi connectivity index (χ2n) is 3.93. The lowest BCUT2D eigenvalue weighted by Crippen LogP contribution is -1.94. The van der Waals surface area contributed by atoms with Crippen LogP contribution in [0, 0.1) is 18.6 Å². The van der Waals surface area contributed by atoms with E-state index in [4.69, 9.17) is 0 Å². The van der Waals surface area contributed by atoms with Gasteiger partial charge in [0.25, 0.3) is 0 Å². The Morgan fingerprint density at radius 1 is 1.17 bits per heavy atom. The molecule has 0 nitrogen and oxygen atoms in total. The van der Waals surface area contributed by atoms with E-state index in [1.54, 1.807) is 0 Å². The minimum atomic E-state index is -0.518. The van der Waals surface area contributed by atoms with E-state index in [0.29, 0.717) is 4.47 Å². The molecule has 0 atom stereocenters. The third-order valence-electron chi connectivity index (χ3n) is 2.51. The topological polar surface area (TPSA) is 0 Å². The summed E-state index contributed by atoms with van der Waals surface area (Å²) in [5.74, 6) is -0.744. The van der Waals surface area contributed by atoms with E-state index in [1.807, 2.05) is 31.2 Å². The zero-order valence-corrected chi connectivity index (χ0v) is 12.1. The highest BCUT2D eigenvalue weighted by molar-refractivity contribution is 9.10. The first-order valence-corrected chi connectivity index (χ1v) is 7.17. The number of thioether (sulfide) groups is 1. The fraction of sp³-hybridized carbons (Fsp3) is 0.143. The van der Waals surface area contributed by atoms with Gasteiger partial charge in [0, 0.05) is 16.2 Å². The predicted molar refractivity (Wildman–Crippen MR) is 74.8 cm³/mol. The first kappa shape index (κ1) is 13.6. The van der Waals surface area contributed by atoms with Crippen molar-refractivity contribution < 1.29 is 8.78 Å². The maximum atomic E-state index is 13.7. The molecular formula is C14H11BrF2S. The molecule has 0 heterocycles. The average molecular weight is 329 g/mol. The predicted octanol–water partition coefficient (Wildman–Crippen LogP) is 5.33. The lowest BCUT2D eigenvalue weighted by atomic mass is 10.2. The van der Waals surface area contributed by atoms with Gasteiger partial charge in [-0.3, -0.25) is 0 Å². The van der Waals surface area contributed by atoms with Gasteiger partial charge in [0.05, 0.1) is 4.47 Å². The summed E-state index contributed by atoms with van der Waals surface area (Å²) in [7, 11) is 0. The number of halogens is 3. The number of hydrogen-bond donors (Lipinski definition) is 0. The fourth-order valence-corrected chi connectivity index (χ4v) is 2.95. The van der Waals surface area contributed by atoms with E-state index in [9.17, 15) is 8.78 Å². The highest BCUT2D eigenvalue weighted by Crippen LogP contribution is 2.29. The molecule has 0 amide bonds. The number of rotatable bonds is 3. The van der Waals surface area contributed by atoms with Crippen LogP contribution in [0.4, 0.5) is 8.78 Å². The van der Waals surface area contributed by atoms with Gasteiger partial charge in [-0.25, -0.2) is 8.78 Å². The van der Waals surface area contributed by atoms with Gasteiger partial charge in [-0.15, -0.1) is 11.8 Å². The van der Waals surface area contributed by atoms with Crippen LogP contribution >= 0.6 is 27.7 Å². The van der Waals surface area contributed by atoms with E-state index in [-0.39, 0.29) is 11.3 Å². The summed E-state index contributed by atoms with van der Waals surface area (Å²) in [5.41, 5.74) is 1.24. The van der Waals surface area contributed by atoms with Gasteiger partial charge in [-0.05, 0) is 47.1 Å². The summed E-state index contributed by atoms with van der Waals surface area (Å²) in [6.45, 7) is 1.99. The molecule has 18 heavy (non-hydrogen) atoms. The summed E-state index contributed by atoms with van der Waals surface area (Å²) in [4.78, 5) is 1.01.